The van der Waals surface area contributed by atoms with Crippen LogP contribution in [0.5, 0.6) is 11.5 Å². The van der Waals surface area contributed by atoms with Crippen molar-refractivity contribution < 1.29 is 17.9 Å². The average molecular weight is 473 g/mol. The monoisotopic (exact) mass is 472 g/mol. The molecule has 3 heterocycles. The van der Waals surface area contributed by atoms with Crippen LogP contribution < -0.4 is 14.4 Å². The number of hydrogen-bond donors (Lipinski definition) is 0. The number of rotatable bonds is 6. The second-order valence-corrected chi connectivity index (χ2v) is 9.80. The third kappa shape index (κ3) is 4.25. The van der Waals surface area contributed by atoms with E-state index in [-0.39, 0.29) is 4.90 Å². The van der Waals surface area contributed by atoms with Gasteiger partial charge in [-0.1, -0.05) is 0 Å². The van der Waals surface area contributed by atoms with Crippen LogP contribution in [0.15, 0.2) is 35.2 Å². The first kappa shape index (κ1) is 23.0. The van der Waals surface area contributed by atoms with E-state index in [4.69, 9.17) is 9.47 Å². The van der Waals surface area contributed by atoms with Gasteiger partial charge in [-0.05, 0) is 50.6 Å². The number of aryl methyl sites for hydroxylation is 1. The average Bonchev–Trinajstić information content (AvgIpc) is 3.11. The smallest absolute Gasteiger partial charge is 0.243 e. The van der Waals surface area contributed by atoms with Crippen molar-refractivity contribution in [2.24, 2.45) is 0 Å². The van der Waals surface area contributed by atoms with Crippen LogP contribution in [0.1, 0.15) is 17.0 Å². The molecule has 0 atom stereocenters. The summed E-state index contributed by atoms with van der Waals surface area (Å²) in [5.74, 6) is 2.23. The molecule has 0 bridgehead atoms. The number of nitrogens with zero attached hydrogens (tertiary/aromatic N) is 6. The lowest BCUT2D eigenvalue weighted by atomic mass is 10.2. The van der Waals surface area contributed by atoms with Crippen LogP contribution in [0.25, 0.3) is 5.82 Å². The van der Waals surface area contributed by atoms with Crippen LogP contribution in [0, 0.1) is 20.8 Å². The summed E-state index contributed by atoms with van der Waals surface area (Å²) in [6.07, 6.45) is 0. The number of anilines is 1. The molecule has 0 radical (unpaired) electrons. The molecule has 2 aromatic heterocycles. The fourth-order valence-corrected chi connectivity index (χ4v) is 5.27. The maximum Gasteiger partial charge on any atom is 0.243 e. The molecule has 4 rings (SSSR count). The topological polar surface area (TPSA) is 103 Å². The second-order valence-electron chi connectivity index (χ2n) is 7.87. The van der Waals surface area contributed by atoms with E-state index in [0.717, 1.165) is 17.0 Å². The molecule has 1 saturated heterocycles. The first-order chi connectivity index (χ1) is 15.8. The molecular formula is C22H28N6O4S. The molecule has 0 amide bonds. The van der Waals surface area contributed by atoms with Gasteiger partial charge in [0, 0.05) is 37.9 Å². The summed E-state index contributed by atoms with van der Waals surface area (Å²) in [7, 11) is -0.657. The summed E-state index contributed by atoms with van der Waals surface area (Å²) in [6, 6.07) is 8.41. The molecule has 1 fully saturated rings. The van der Waals surface area contributed by atoms with Crippen molar-refractivity contribution in [3.8, 4) is 17.3 Å². The lowest BCUT2D eigenvalue weighted by Gasteiger charge is -2.34. The maximum atomic E-state index is 13.1. The van der Waals surface area contributed by atoms with Gasteiger partial charge in [-0.3, -0.25) is 0 Å². The zero-order chi connectivity index (χ0) is 23.8. The van der Waals surface area contributed by atoms with Crippen molar-refractivity contribution in [1.29, 1.82) is 0 Å². The highest BCUT2D eigenvalue weighted by Gasteiger charge is 2.30. The highest BCUT2D eigenvalue weighted by molar-refractivity contribution is 7.89. The number of aromatic nitrogens is 4. The molecule has 0 N–H and O–H groups in total. The summed E-state index contributed by atoms with van der Waals surface area (Å²) >= 11 is 0. The fraction of sp³-hybridized carbons (Fsp3) is 0.409. The second kappa shape index (κ2) is 8.99. The van der Waals surface area contributed by atoms with Gasteiger partial charge in [0.2, 0.25) is 10.0 Å². The maximum absolute atomic E-state index is 13.1. The highest BCUT2D eigenvalue weighted by Crippen LogP contribution is 2.31. The molecule has 3 aromatic rings. The van der Waals surface area contributed by atoms with E-state index >= 15 is 0 Å². The van der Waals surface area contributed by atoms with Crippen molar-refractivity contribution in [2.45, 2.75) is 25.7 Å². The molecule has 1 aliphatic heterocycles. The number of piperazine rings is 1. The van der Waals surface area contributed by atoms with E-state index in [1.165, 1.54) is 30.7 Å². The standard InChI is InChI=1S/C22H28N6O4S/c1-15-16(2)25-28(17(15)3)22-9-8-21(23-24-22)26-10-12-27(13-11-26)33(29,30)18-6-7-19(31-4)20(14-18)32-5/h6-9,14H,10-13H2,1-5H3. The normalized spacial score (nSPS) is 15.0. The molecule has 0 aliphatic carbocycles. The first-order valence-electron chi connectivity index (χ1n) is 10.6. The van der Waals surface area contributed by atoms with Crippen molar-refractivity contribution in [3.05, 3.63) is 47.3 Å². The van der Waals surface area contributed by atoms with E-state index in [9.17, 15) is 8.42 Å². The van der Waals surface area contributed by atoms with E-state index in [2.05, 4.69) is 15.3 Å². The molecular weight excluding hydrogens is 444 g/mol. The van der Waals surface area contributed by atoms with E-state index in [0.29, 0.717) is 49.3 Å². The number of sulfonamides is 1. The Morgan fingerprint density at radius 3 is 2.03 bits per heavy atom. The van der Waals surface area contributed by atoms with E-state index in [1.807, 2.05) is 37.8 Å². The lowest BCUT2D eigenvalue weighted by molar-refractivity contribution is 0.353. The van der Waals surface area contributed by atoms with Crippen molar-refractivity contribution in [1.82, 2.24) is 24.3 Å². The van der Waals surface area contributed by atoms with Crippen LogP contribution in [0.3, 0.4) is 0 Å². The quantitative estimate of drug-likeness (QED) is 0.538. The first-order valence-corrected chi connectivity index (χ1v) is 12.0. The number of hydrogen-bond acceptors (Lipinski definition) is 8. The van der Waals surface area contributed by atoms with Gasteiger partial charge < -0.3 is 14.4 Å². The van der Waals surface area contributed by atoms with Gasteiger partial charge in [-0.15, -0.1) is 10.2 Å². The lowest BCUT2D eigenvalue weighted by Crippen LogP contribution is -2.49. The van der Waals surface area contributed by atoms with Crippen LogP contribution >= 0.6 is 0 Å². The molecule has 0 spiro atoms. The van der Waals surface area contributed by atoms with Crippen molar-refractivity contribution in [3.63, 3.8) is 0 Å². The number of ether oxygens (including phenoxy) is 2. The Morgan fingerprint density at radius 1 is 0.848 bits per heavy atom. The van der Waals surface area contributed by atoms with Crippen molar-refractivity contribution in [2.75, 3.05) is 45.3 Å². The Balaban J connectivity index is 1.46. The molecule has 0 unspecified atom stereocenters. The minimum absolute atomic E-state index is 0.179. The van der Waals surface area contributed by atoms with Crippen LogP contribution in [-0.4, -0.2) is 73.1 Å². The molecule has 1 aromatic carbocycles. The summed E-state index contributed by atoms with van der Waals surface area (Å²) in [4.78, 5) is 2.21. The van der Waals surface area contributed by atoms with Gasteiger partial charge in [0.25, 0.3) is 0 Å². The van der Waals surface area contributed by atoms with Crippen LogP contribution in [-0.2, 0) is 10.0 Å². The molecule has 33 heavy (non-hydrogen) atoms. The molecule has 176 valence electrons. The Morgan fingerprint density at radius 2 is 1.48 bits per heavy atom. The third-order valence-electron chi connectivity index (χ3n) is 6.06. The third-order valence-corrected chi connectivity index (χ3v) is 7.96. The number of benzene rings is 1. The summed E-state index contributed by atoms with van der Waals surface area (Å²) < 4.78 is 40.0. The van der Waals surface area contributed by atoms with E-state index in [1.54, 1.807) is 10.7 Å². The molecule has 0 saturated carbocycles. The number of methoxy groups -OCH3 is 2. The van der Waals surface area contributed by atoms with Gasteiger partial charge in [0.15, 0.2) is 23.1 Å². The zero-order valence-corrected chi connectivity index (χ0v) is 20.3. The summed E-state index contributed by atoms with van der Waals surface area (Å²) in [5.41, 5.74) is 3.13. The minimum Gasteiger partial charge on any atom is -0.493 e. The van der Waals surface area contributed by atoms with Gasteiger partial charge in [0.05, 0.1) is 24.8 Å². The van der Waals surface area contributed by atoms with Gasteiger partial charge in [-0.25, -0.2) is 13.1 Å². The minimum atomic E-state index is -3.65. The molecule has 11 heteroatoms. The highest BCUT2D eigenvalue weighted by atomic mass is 32.2. The van der Waals surface area contributed by atoms with Gasteiger partial charge in [0.1, 0.15) is 0 Å². The largest absolute Gasteiger partial charge is 0.493 e. The molecule has 10 nitrogen and oxygen atoms in total. The van der Waals surface area contributed by atoms with Crippen molar-refractivity contribution >= 4 is 15.8 Å². The molecule has 1 aliphatic rings. The van der Waals surface area contributed by atoms with Gasteiger partial charge in [-0.2, -0.15) is 9.40 Å². The van der Waals surface area contributed by atoms with Gasteiger partial charge >= 0.3 is 0 Å². The Bertz CT molecular complexity index is 1250. The van der Waals surface area contributed by atoms with Crippen LogP contribution in [0.4, 0.5) is 5.82 Å². The Labute approximate surface area is 193 Å². The zero-order valence-electron chi connectivity index (χ0n) is 19.4. The Kier molecular flexibility index (Phi) is 6.26. The predicted molar refractivity (Wildman–Crippen MR) is 124 cm³/mol. The fourth-order valence-electron chi connectivity index (χ4n) is 3.83. The summed E-state index contributed by atoms with van der Waals surface area (Å²) in [6.45, 7) is 7.72. The summed E-state index contributed by atoms with van der Waals surface area (Å²) in [5, 5.41) is 13.2. The van der Waals surface area contributed by atoms with E-state index < -0.39 is 10.0 Å². The Hall–Kier alpha value is -3.18. The predicted octanol–water partition coefficient (Wildman–Crippen LogP) is 2.12. The van der Waals surface area contributed by atoms with Crippen LogP contribution in [0.2, 0.25) is 0 Å². The SMILES string of the molecule is COc1ccc(S(=O)(=O)N2CCN(c3ccc(-n4nc(C)c(C)c4C)nn3)CC2)cc1OC.